The monoisotopic (exact) mass is 543 g/mol. The van der Waals surface area contributed by atoms with Crippen LogP contribution in [-0.4, -0.2) is 60.6 Å². The van der Waals surface area contributed by atoms with Crippen molar-refractivity contribution in [3.05, 3.63) is 70.3 Å². The lowest BCUT2D eigenvalue weighted by atomic mass is 9.83. The molecule has 3 aromatic rings. The predicted octanol–water partition coefficient (Wildman–Crippen LogP) is 4.94. The van der Waals surface area contributed by atoms with E-state index in [1.165, 1.54) is 0 Å². The third-order valence-electron chi connectivity index (χ3n) is 6.96. The molecule has 196 valence electrons. The number of pyridine rings is 1. The maximum atomic E-state index is 13.9. The first-order chi connectivity index (χ1) is 17.6. The summed E-state index contributed by atoms with van der Waals surface area (Å²) in [5, 5.41) is 21.0. The van der Waals surface area contributed by atoms with E-state index in [9.17, 15) is 15.0 Å². The van der Waals surface area contributed by atoms with Crippen molar-refractivity contribution in [3.8, 4) is 16.9 Å². The number of benzene rings is 2. The van der Waals surface area contributed by atoms with Crippen LogP contribution in [0.5, 0.6) is 5.75 Å². The van der Waals surface area contributed by atoms with Crippen molar-refractivity contribution in [3.63, 3.8) is 0 Å². The number of methoxy groups -OCH3 is 1. The number of aliphatic hydroxyl groups is 2. The van der Waals surface area contributed by atoms with Gasteiger partial charge in [-0.05, 0) is 56.2 Å². The molecule has 2 atom stereocenters. The van der Waals surface area contributed by atoms with Crippen molar-refractivity contribution >= 4 is 40.6 Å². The van der Waals surface area contributed by atoms with Crippen molar-refractivity contribution in [2.75, 3.05) is 37.1 Å². The normalized spacial score (nSPS) is 17.7. The number of amides is 1. The second-order valence-electron chi connectivity index (χ2n) is 9.79. The van der Waals surface area contributed by atoms with Gasteiger partial charge in [0.2, 0.25) is 5.91 Å². The number of aromatic nitrogens is 1. The highest BCUT2D eigenvalue weighted by atomic mass is 35.5. The molecule has 0 saturated carbocycles. The van der Waals surface area contributed by atoms with Crippen LogP contribution in [0.3, 0.4) is 0 Å². The maximum Gasteiger partial charge on any atom is 0.236 e. The summed E-state index contributed by atoms with van der Waals surface area (Å²) in [4.78, 5) is 22.0. The molecule has 0 bridgehead atoms. The van der Waals surface area contributed by atoms with Gasteiger partial charge in [-0.15, -0.1) is 0 Å². The molecule has 1 aliphatic heterocycles. The molecule has 1 aromatic heterocycles. The van der Waals surface area contributed by atoms with E-state index in [-0.39, 0.29) is 18.6 Å². The molecule has 0 aliphatic carbocycles. The molecular formula is C28H31Cl2N3O4. The topological polar surface area (TPSA) is 86.1 Å². The number of likely N-dealkylation sites (N-methyl/N-ethyl adjacent to an activating group) is 1. The number of hydrogen-bond acceptors (Lipinski definition) is 6. The van der Waals surface area contributed by atoms with Gasteiger partial charge in [0, 0.05) is 34.8 Å². The molecule has 0 spiro atoms. The molecule has 0 radical (unpaired) electrons. The Bertz CT molecular complexity index is 1300. The highest BCUT2D eigenvalue weighted by Crippen LogP contribution is 2.40. The van der Waals surface area contributed by atoms with Crippen LogP contribution in [0.15, 0.2) is 54.7 Å². The van der Waals surface area contributed by atoms with Crippen LogP contribution in [0.2, 0.25) is 10.0 Å². The number of anilines is 2. The zero-order valence-corrected chi connectivity index (χ0v) is 22.8. The van der Waals surface area contributed by atoms with Gasteiger partial charge >= 0.3 is 0 Å². The number of β-amino-alcohol motifs (C(OH)–C–C–N with tert-alkyl or cyclic N) is 1. The minimum Gasteiger partial charge on any atom is -0.497 e. The first kappa shape index (κ1) is 27.2. The van der Waals surface area contributed by atoms with E-state index in [2.05, 4.69) is 4.98 Å². The van der Waals surface area contributed by atoms with Gasteiger partial charge in [-0.2, -0.15) is 0 Å². The molecular weight excluding hydrogens is 513 g/mol. The summed E-state index contributed by atoms with van der Waals surface area (Å²) >= 11 is 12.9. The van der Waals surface area contributed by atoms with E-state index < -0.39 is 11.5 Å². The maximum absolute atomic E-state index is 13.9. The van der Waals surface area contributed by atoms with Gasteiger partial charge in [-0.25, -0.2) is 4.98 Å². The number of aliphatic hydroxyl groups excluding tert-OH is 2. The van der Waals surface area contributed by atoms with Crippen LogP contribution in [0.1, 0.15) is 25.8 Å². The summed E-state index contributed by atoms with van der Waals surface area (Å²) in [5.41, 5.74) is 1.80. The van der Waals surface area contributed by atoms with Crippen LogP contribution in [0.4, 0.5) is 11.5 Å². The Morgan fingerprint density at radius 2 is 1.92 bits per heavy atom. The second-order valence-corrected chi connectivity index (χ2v) is 10.6. The van der Waals surface area contributed by atoms with Gasteiger partial charge in [0.1, 0.15) is 11.6 Å². The summed E-state index contributed by atoms with van der Waals surface area (Å²) in [6, 6.07) is 14.3. The third kappa shape index (κ3) is 5.41. The number of hydrogen-bond donors (Lipinski definition) is 2. The number of carbonyl (C=O) groups is 1. The summed E-state index contributed by atoms with van der Waals surface area (Å²) in [5.74, 6) is 0.985. The van der Waals surface area contributed by atoms with Crippen molar-refractivity contribution in [1.82, 2.24) is 4.98 Å². The van der Waals surface area contributed by atoms with Crippen LogP contribution in [0, 0.1) is 0 Å². The molecule has 1 aliphatic rings. The minimum atomic E-state index is -0.940. The molecule has 2 unspecified atom stereocenters. The quantitative estimate of drug-likeness (QED) is 0.439. The highest BCUT2D eigenvalue weighted by Gasteiger charge is 2.36. The molecule has 1 saturated heterocycles. The van der Waals surface area contributed by atoms with E-state index in [4.69, 9.17) is 27.9 Å². The average molecular weight is 544 g/mol. The lowest BCUT2D eigenvalue weighted by Crippen LogP contribution is -2.42. The molecule has 2 aromatic carbocycles. The Morgan fingerprint density at radius 1 is 1.19 bits per heavy atom. The van der Waals surface area contributed by atoms with Gasteiger partial charge in [-0.1, -0.05) is 41.4 Å². The summed E-state index contributed by atoms with van der Waals surface area (Å²) in [6.45, 7) is 3.94. The minimum absolute atomic E-state index is 0.0996. The van der Waals surface area contributed by atoms with E-state index in [0.717, 1.165) is 11.1 Å². The van der Waals surface area contributed by atoms with Crippen LogP contribution >= 0.6 is 23.2 Å². The largest absolute Gasteiger partial charge is 0.497 e. The molecule has 1 amide bonds. The fourth-order valence-corrected chi connectivity index (χ4v) is 5.26. The van der Waals surface area contributed by atoms with Gasteiger partial charge < -0.3 is 24.7 Å². The van der Waals surface area contributed by atoms with Gasteiger partial charge in [0.15, 0.2) is 0 Å². The van der Waals surface area contributed by atoms with Crippen molar-refractivity contribution in [1.29, 1.82) is 0 Å². The van der Waals surface area contributed by atoms with Crippen LogP contribution < -0.4 is 14.5 Å². The molecule has 2 heterocycles. The first-order valence-corrected chi connectivity index (χ1v) is 12.8. The number of carbonyl (C=O) groups excluding carboxylic acids is 1. The SMILES string of the molecule is COc1cc(Cl)cc(C(C)(C)C(=O)N(C)c2cnc(N3CC(O)CC3CO)cc2-c2ccccc2Cl)c1. The molecule has 4 rings (SSSR count). The van der Waals surface area contributed by atoms with Gasteiger partial charge in [0.05, 0.1) is 43.2 Å². The summed E-state index contributed by atoms with van der Waals surface area (Å²) in [6.07, 6.45) is 1.54. The average Bonchev–Trinajstić information content (AvgIpc) is 3.28. The lowest BCUT2D eigenvalue weighted by Gasteiger charge is -2.32. The number of halogens is 2. The van der Waals surface area contributed by atoms with Crippen molar-refractivity contribution in [2.24, 2.45) is 0 Å². The zero-order valence-electron chi connectivity index (χ0n) is 21.3. The number of nitrogens with zero attached hydrogens (tertiary/aromatic N) is 3. The zero-order chi connectivity index (χ0) is 26.9. The van der Waals surface area contributed by atoms with E-state index in [1.807, 2.05) is 49.1 Å². The Kier molecular flexibility index (Phi) is 7.99. The van der Waals surface area contributed by atoms with Crippen molar-refractivity contribution in [2.45, 2.75) is 37.8 Å². The molecule has 7 nitrogen and oxygen atoms in total. The van der Waals surface area contributed by atoms with E-state index >= 15 is 0 Å². The molecule has 2 N–H and O–H groups in total. The lowest BCUT2D eigenvalue weighted by molar-refractivity contribution is -0.122. The third-order valence-corrected chi connectivity index (χ3v) is 7.51. The molecule has 1 fully saturated rings. The Balaban J connectivity index is 1.79. The van der Waals surface area contributed by atoms with Gasteiger partial charge in [0.25, 0.3) is 0 Å². The number of rotatable bonds is 7. The fourth-order valence-electron chi connectivity index (χ4n) is 4.80. The second kappa shape index (κ2) is 10.9. The Hall–Kier alpha value is -2.84. The first-order valence-electron chi connectivity index (χ1n) is 12.0. The smallest absolute Gasteiger partial charge is 0.236 e. The highest BCUT2D eigenvalue weighted by molar-refractivity contribution is 6.33. The number of ether oxygens (including phenoxy) is 1. The van der Waals surface area contributed by atoms with Crippen LogP contribution in [-0.2, 0) is 10.2 Å². The van der Waals surface area contributed by atoms with Crippen molar-refractivity contribution < 1.29 is 19.7 Å². The molecule has 37 heavy (non-hydrogen) atoms. The van der Waals surface area contributed by atoms with Crippen LogP contribution in [0.25, 0.3) is 11.1 Å². The van der Waals surface area contributed by atoms with Gasteiger partial charge in [-0.3, -0.25) is 4.79 Å². The summed E-state index contributed by atoms with van der Waals surface area (Å²) < 4.78 is 5.36. The van der Waals surface area contributed by atoms with E-state index in [0.29, 0.717) is 45.8 Å². The fraction of sp³-hybridized carbons (Fsp3) is 0.357. The Labute approximate surface area is 227 Å². The summed E-state index contributed by atoms with van der Waals surface area (Å²) in [7, 11) is 3.26. The molecule has 9 heteroatoms. The Morgan fingerprint density at radius 3 is 2.59 bits per heavy atom. The standard InChI is InChI=1S/C28H31Cl2N3O4/c1-28(2,17-9-18(29)11-21(10-17)37-4)27(36)32(3)25-14-31-26(33-15-20(35)12-19(33)16-34)13-23(25)22-7-5-6-8-24(22)30/h5-11,13-14,19-20,34-35H,12,15-16H2,1-4H3. The predicted molar refractivity (Wildman–Crippen MR) is 148 cm³/mol. The van der Waals surface area contributed by atoms with E-state index in [1.54, 1.807) is 43.5 Å².